The van der Waals surface area contributed by atoms with Crippen molar-refractivity contribution in [2.45, 2.75) is 25.3 Å². The number of carboxylic acids is 1. The zero-order chi connectivity index (χ0) is 13.9. The Kier molecular flexibility index (Phi) is 7.77. The summed E-state index contributed by atoms with van der Waals surface area (Å²) < 4.78 is 0. The monoisotopic (exact) mass is 265 g/mol. The maximum atomic E-state index is 10.9. The number of carboxylic acid groups (broad SMARTS) is 1. The Labute approximate surface area is 114 Å². The Balaban J connectivity index is 2.18. The Morgan fingerprint density at radius 2 is 2.42 bits per heavy atom. The van der Waals surface area contributed by atoms with Gasteiger partial charge >= 0.3 is 5.97 Å². The van der Waals surface area contributed by atoms with Gasteiger partial charge in [0.1, 0.15) is 0 Å². The second-order valence-corrected chi connectivity index (χ2v) is 4.52. The molecule has 106 valence electrons. The number of aliphatic carboxylic acids is 1. The molecular formula is C14H23N3O2. The van der Waals surface area contributed by atoms with E-state index in [2.05, 4.69) is 15.6 Å². The second kappa shape index (κ2) is 9.47. The van der Waals surface area contributed by atoms with Crippen molar-refractivity contribution in [1.82, 2.24) is 10.6 Å². The number of hydrogen-bond donors (Lipinski definition) is 3. The van der Waals surface area contributed by atoms with Crippen LogP contribution in [0, 0.1) is 0 Å². The Morgan fingerprint density at radius 1 is 1.58 bits per heavy atom. The van der Waals surface area contributed by atoms with Crippen LogP contribution in [-0.2, 0) is 4.79 Å². The van der Waals surface area contributed by atoms with E-state index < -0.39 is 5.97 Å². The molecule has 1 aliphatic rings. The molecular weight excluding hydrogens is 242 g/mol. The summed E-state index contributed by atoms with van der Waals surface area (Å²) in [6.45, 7) is 2.77. The number of rotatable bonds is 8. The molecule has 0 saturated carbocycles. The SMILES string of the molecule is C\N=C/C=C(\C=C\CNCCC1CCCN1)C(=O)O. The third-order valence-corrected chi connectivity index (χ3v) is 3.04. The largest absolute Gasteiger partial charge is 0.478 e. The van der Waals surface area contributed by atoms with Gasteiger partial charge in [-0.3, -0.25) is 4.99 Å². The van der Waals surface area contributed by atoms with Gasteiger partial charge in [0.25, 0.3) is 0 Å². The first-order chi connectivity index (χ1) is 9.24. The number of allylic oxidation sites excluding steroid dienone is 1. The topological polar surface area (TPSA) is 73.7 Å². The highest BCUT2D eigenvalue weighted by atomic mass is 16.4. The van der Waals surface area contributed by atoms with Crippen LogP contribution in [-0.4, -0.2) is 50.0 Å². The highest BCUT2D eigenvalue weighted by Crippen LogP contribution is 2.07. The van der Waals surface area contributed by atoms with Gasteiger partial charge in [-0.25, -0.2) is 4.79 Å². The molecule has 0 aromatic rings. The summed E-state index contributed by atoms with van der Waals surface area (Å²) in [4.78, 5) is 14.6. The Morgan fingerprint density at radius 3 is 3.05 bits per heavy atom. The lowest BCUT2D eigenvalue weighted by molar-refractivity contribution is -0.132. The summed E-state index contributed by atoms with van der Waals surface area (Å²) in [6.07, 6.45) is 10.1. The van der Waals surface area contributed by atoms with Crippen molar-refractivity contribution in [3.8, 4) is 0 Å². The van der Waals surface area contributed by atoms with Crippen molar-refractivity contribution < 1.29 is 9.90 Å². The number of nitrogens with zero attached hydrogens (tertiary/aromatic N) is 1. The number of aliphatic imine (C=N–C) groups is 1. The molecule has 0 aromatic heterocycles. The third-order valence-electron chi connectivity index (χ3n) is 3.04. The second-order valence-electron chi connectivity index (χ2n) is 4.52. The zero-order valence-corrected chi connectivity index (χ0v) is 11.4. The van der Waals surface area contributed by atoms with Crippen LogP contribution in [0.25, 0.3) is 0 Å². The van der Waals surface area contributed by atoms with Crippen LogP contribution < -0.4 is 10.6 Å². The molecule has 0 radical (unpaired) electrons. The summed E-state index contributed by atoms with van der Waals surface area (Å²) in [5.41, 5.74) is 0.241. The standard InChI is InChI=1S/C14H23N3O2/c1-15-10-6-12(14(18)19)4-2-8-16-11-7-13-5-3-9-17-13/h2,4,6,10,13,16-17H,3,5,7-9,11H2,1H3,(H,18,19)/b4-2+,12-6+,15-10-. The molecule has 19 heavy (non-hydrogen) atoms. The highest BCUT2D eigenvalue weighted by molar-refractivity contribution is 5.94. The van der Waals surface area contributed by atoms with Crippen molar-refractivity contribution in [3.05, 3.63) is 23.8 Å². The van der Waals surface area contributed by atoms with Crippen LogP contribution in [0.15, 0.2) is 28.8 Å². The summed E-state index contributed by atoms with van der Waals surface area (Å²) in [7, 11) is 1.61. The van der Waals surface area contributed by atoms with Gasteiger partial charge in [0, 0.05) is 25.8 Å². The van der Waals surface area contributed by atoms with Gasteiger partial charge in [0.15, 0.2) is 0 Å². The van der Waals surface area contributed by atoms with Crippen molar-refractivity contribution >= 4 is 12.2 Å². The smallest absolute Gasteiger partial charge is 0.335 e. The van der Waals surface area contributed by atoms with Crippen LogP contribution in [0.3, 0.4) is 0 Å². The maximum Gasteiger partial charge on any atom is 0.335 e. The maximum absolute atomic E-state index is 10.9. The van der Waals surface area contributed by atoms with Gasteiger partial charge < -0.3 is 15.7 Å². The first-order valence-corrected chi connectivity index (χ1v) is 6.70. The van der Waals surface area contributed by atoms with E-state index in [0.717, 1.165) is 19.5 Å². The molecule has 0 aliphatic carbocycles. The number of nitrogens with one attached hydrogen (secondary N) is 2. The fraction of sp³-hybridized carbons (Fsp3) is 0.571. The highest BCUT2D eigenvalue weighted by Gasteiger charge is 2.12. The fourth-order valence-corrected chi connectivity index (χ4v) is 2.00. The predicted octanol–water partition coefficient (Wildman–Crippen LogP) is 0.986. The molecule has 1 atom stereocenters. The molecule has 1 unspecified atom stereocenters. The first kappa shape index (κ1) is 15.6. The van der Waals surface area contributed by atoms with Crippen LogP contribution >= 0.6 is 0 Å². The third kappa shape index (κ3) is 6.88. The quantitative estimate of drug-likeness (QED) is 0.265. The lowest BCUT2D eigenvalue weighted by Gasteiger charge is -2.09. The van der Waals surface area contributed by atoms with Gasteiger partial charge in [-0.2, -0.15) is 0 Å². The summed E-state index contributed by atoms with van der Waals surface area (Å²) in [5, 5.41) is 15.7. The fourth-order valence-electron chi connectivity index (χ4n) is 2.00. The summed E-state index contributed by atoms with van der Waals surface area (Å²) in [5.74, 6) is -0.939. The van der Waals surface area contributed by atoms with Crippen molar-refractivity contribution in [1.29, 1.82) is 0 Å². The lowest BCUT2D eigenvalue weighted by Crippen LogP contribution is -2.27. The van der Waals surface area contributed by atoms with E-state index in [4.69, 9.17) is 5.11 Å². The van der Waals surface area contributed by atoms with Crippen LogP contribution in [0.5, 0.6) is 0 Å². The van der Waals surface area contributed by atoms with Crippen molar-refractivity contribution in [2.24, 2.45) is 4.99 Å². The minimum atomic E-state index is -0.939. The van der Waals surface area contributed by atoms with E-state index in [1.807, 2.05) is 6.08 Å². The van der Waals surface area contributed by atoms with Gasteiger partial charge in [0.2, 0.25) is 0 Å². The van der Waals surface area contributed by atoms with Gasteiger partial charge in [-0.15, -0.1) is 0 Å². The Hall–Kier alpha value is -1.46. The lowest BCUT2D eigenvalue weighted by atomic mass is 10.1. The molecule has 0 spiro atoms. The van der Waals surface area contributed by atoms with E-state index in [-0.39, 0.29) is 5.57 Å². The molecule has 5 nitrogen and oxygen atoms in total. The predicted molar refractivity (Wildman–Crippen MR) is 77.8 cm³/mol. The van der Waals surface area contributed by atoms with Crippen molar-refractivity contribution in [3.63, 3.8) is 0 Å². The van der Waals surface area contributed by atoms with E-state index in [1.54, 1.807) is 13.1 Å². The zero-order valence-electron chi connectivity index (χ0n) is 11.4. The summed E-state index contributed by atoms with van der Waals surface area (Å²) in [6, 6.07) is 0.645. The van der Waals surface area contributed by atoms with E-state index >= 15 is 0 Å². The van der Waals surface area contributed by atoms with Gasteiger partial charge in [-0.1, -0.05) is 12.2 Å². The van der Waals surface area contributed by atoms with E-state index in [1.165, 1.54) is 25.1 Å². The van der Waals surface area contributed by atoms with Crippen LogP contribution in [0.2, 0.25) is 0 Å². The molecule has 1 aliphatic heterocycles. The molecule has 0 aromatic carbocycles. The molecule has 3 N–H and O–H groups in total. The minimum Gasteiger partial charge on any atom is -0.478 e. The van der Waals surface area contributed by atoms with Crippen LogP contribution in [0.1, 0.15) is 19.3 Å². The van der Waals surface area contributed by atoms with E-state index in [0.29, 0.717) is 12.6 Å². The van der Waals surface area contributed by atoms with Crippen LogP contribution in [0.4, 0.5) is 0 Å². The number of carbonyl (C=O) groups is 1. The Bertz CT molecular complexity index is 356. The minimum absolute atomic E-state index is 0.241. The molecule has 1 saturated heterocycles. The van der Waals surface area contributed by atoms with E-state index in [9.17, 15) is 4.79 Å². The van der Waals surface area contributed by atoms with Gasteiger partial charge in [0.05, 0.1) is 5.57 Å². The average molecular weight is 265 g/mol. The molecule has 1 fully saturated rings. The normalized spacial score (nSPS) is 20.7. The molecule has 1 rings (SSSR count). The molecule has 0 bridgehead atoms. The number of hydrogen-bond acceptors (Lipinski definition) is 4. The summed E-state index contributed by atoms with van der Waals surface area (Å²) >= 11 is 0. The molecule has 5 heteroatoms. The van der Waals surface area contributed by atoms with Crippen molar-refractivity contribution in [2.75, 3.05) is 26.7 Å². The molecule has 0 amide bonds. The first-order valence-electron chi connectivity index (χ1n) is 6.70. The molecule has 1 heterocycles. The average Bonchev–Trinajstić information content (AvgIpc) is 2.89. The van der Waals surface area contributed by atoms with Gasteiger partial charge in [-0.05, 0) is 38.4 Å².